The first-order chi connectivity index (χ1) is 16.0. The third-order valence-electron chi connectivity index (χ3n) is 5.99. The fourth-order valence-corrected chi connectivity index (χ4v) is 4.31. The van der Waals surface area contributed by atoms with Gasteiger partial charge in [-0.05, 0) is 55.5 Å². The highest BCUT2D eigenvalue weighted by molar-refractivity contribution is 6.02. The van der Waals surface area contributed by atoms with Crippen LogP contribution in [0.25, 0.3) is 5.69 Å². The van der Waals surface area contributed by atoms with Gasteiger partial charge in [0.25, 0.3) is 11.6 Å². The van der Waals surface area contributed by atoms with E-state index in [0.717, 1.165) is 24.8 Å². The molecule has 2 aromatic heterocycles. The van der Waals surface area contributed by atoms with Crippen molar-refractivity contribution in [2.75, 3.05) is 5.32 Å². The average Bonchev–Trinajstić information content (AvgIpc) is 3.46. The molecule has 0 radical (unpaired) electrons. The number of hydrogen-bond donors (Lipinski definition) is 1. The van der Waals surface area contributed by atoms with E-state index in [1.165, 1.54) is 27.9 Å². The van der Waals surface area contributed by atoms with Gasteiger partial charge in [0, 0.05) is 23.9 Å². The third-order valence-corrected chi connectivity index (χ3v) is 5.99. The van der Waals surface area contributed by atoms with Gasteiger partial charge in [0.1, 0.15) is 5.82 Å². The van der Waals surface area contributed by atoms with Crippen LogP contribution in [0.2, 0.25) is 0 Å². The lowest BCUT2D eigenvalue weighted by molar-refractivity contribution is -0.384. The summed E-state index contributed by atoms with van der Waals surface area (Å²) in [5, 5.41) is 22.8. The van der Waals surface area contributed by atoms with Crippen molar-refractivity contribution in [3.05, 3.63) is 99.5 Å². The molecule has 0 aliphatic heterocycles. The number of benzene rings is 2. The molecule has 0 saturated heterocycles. The van der Waals surface area contributed by atoms with Crippen LogP contribution in [-0.2, 0) is 6.42 Å². The SMILES string of the molecule is Cc1cnn(C2CCCc3ccccc32)c1NC(=O)c1ccn(-c2ccc([N+](=O)[O-])cc2)n1. The number of aromatic nitrogens is 4. The number of carbonyl (C=O) groups excluding carboxylic acids is 1. The number of nitro benzene ring substituents is 1. The quantitative estimate of drug-likeness (QED) is 0.363. The average molecular weight is 442 g/mol. The lowest BCUT2D eigenvalue weighted by Gasteiger charge is -2.27. The molecule has 1 aliphatic rings. The number of fused-ring (bicyclic) bond motifs is 1. The Labute approximate surface area is 189 Å². The molecule has 4 aromatic rings. The standard InChI is InChI=1S/C24H22N6O3/c1-16-15-25-29(22-8-4-6-17-5-2-3-7-20(17)22)23(16)26-24(31)21-13-14-28(27-21)18-9-11-19(12-10-18)30(32)33/h2-3,5,7,9-15,22H,4,6,8H2,1H3,(H,26,31). The van der Waals surface area contributed by atoms with Crippen molar-refractivity contribution in [1.82, 2.24) is 19.6 Å². The number of aryl methyl sites for hydroxylation is 2. The molecule has 0 saturated carbocycles. The van der Waals surface area contributed by atoms with Crippen molar-refractivity contribution in [2.45, 2.75) is 32.2 Å². The zero-order valence-corrected chi connectivity index (χ0v) is 18.0. The summed E-state index contributed by atoms with van der Waals surface area (Å²) in [5.74, 6) is 0.316. The van der Waals surface area contributed by atoms with E-state index in [-0.39, 0.29) is 23.3 Å². The second-order valence-electron chi connectivity index (χ2n) is 8.10. The molecule has 1 atom stereocenters. The number of amides is 1. The summed E-state index contributed by atoms with van der Waals surface area (Å²) < 4.78 is 3.42. The van der Waals surface area contributed by atoms with Crippen LogP contribution in [-0.4, -0.2) is 30.4 Å². The van der Waals surface area contributed by atoms with Crippen molar-refractivity contribution >= 4 is 17.4 Å². The summed E-state index contributed by atoms with van der Waals surface area (Å²) in [6, 6.07) is 16.0. The zero-order valence-electron chi connectivity index (χ0n) is 18.0. The first kappa shape index (κ1) is 20.6. The number of nitrogens with zero attached hydrogens (tertiary/aromatic N) is 5. The largest absolute Gasteiger partial charge is 0.305 e. The van der Waals surface area contributed by atoms with E-state index in [1.807, 2.05) is 17.7 Å². The fraction of sp³-hybridized carbons (Fsp3) is 0.208. The molecule has 2 aromatic carbocycles. The highest BCUT2D eigenvalue weighted by atomic mass is 16.6. The van der Waals surface area contributed by atoms with Gasteiger partial charge in [-0.25, -0.2) is 9.36 Å². The Morgan fingerprint density at radius 3 is 2.73 bits per heavy atom. The summed E-state index contributed by atoms with van der Waals surface area (Å²) >= 11 is 0. The van der Waals surface area contributed by atoms with E-state index in [2.05, 4.69) is 33.7 Å². The first-order valence-electron chi connectivity index (χ1n) is 10.7. The minimum absolute atomic E-state index is 0.00287. The molecule has 1 unspecified atom stereocenters. The Kier molecular flexibility index (Phi) is 5.21. The molecular weight excluding hydrogens is 420 g/mol. The molecule has 1 amide bonds. The third kappa shape index (κ3) is 3.89. The van der Waals surface area contributed by atoms with Gasteiger partial charge in [0.15, 0.2) is 5.69 Å². The van der Waals surface area contributed by atoms with Crippen LogP contribution in [0.1, 0.15) is 46.1 Å². The van der Waals surface area contributed by atoms with E-state index in [4.69, 9.17) is 0 Å². The molecule has 0 bridgehead atoms. The maximum absolute atomic E-state index is 13.0. The van der Waals surface area contributed by atoms with Gasteiger partial charge >= 0.3 is 0 Å². The van der Waals surface area contributed by atoms with Crippen LogP contribution < -0.4 is 5.32 Å². The van der Waals surface area contributed by atoms with E-state index in [0.29, 0.717) is 11.5 Å². The lowest BCUT2D eigenvalue weighted by Crippen LogP contribution is -2.23. The van der Waals surface area contributed by atoms with Crippen LogP contribution in [0.5, 0.6) is 0 Å². The number of nitro groups is 1. The molecule has 2 heterocycles. The van der Waals surface area contributed by atoms with Gasteiger partial charge in [0.05, 0.1) is 22.8 Å². The number of anilines is 1. The number of hydrogen-bond acceptors (Lipinski definition) is 5. The van der Waals surface area contributed by atoms with Crippen molar-refractivity contribution < 1.29 is 9.72 Å². The molecule has 1 N–H and O–H groups in total. The van der Waals surface area contributed by atoms with Gasteiger partial charge < -0.3 is 5.32 Å². The monoisotopic (exact) mass is 442 g/mol. The second-order valence-corrected chi connectivity index (χ2v) is 8.10. The van der Waals surface area contributed by atoms with Gasteiger partial charge in [-0.1, -0.05) is 24.3 Å². The van der Waals surface area contributed by atoms with E-state index in [1.54, 1.807) is 30.6 Å². The number of nitrogens with one attached hydrogen (secondary N) is 1. The Balaban J connectivity index is 1.39. The number of non-ortho nitro benzene ring substituents is 1. The molecule has 0 fully saturated rings. The smallest absolute Gasteiger partial charge is 0.277 e. The highest BCUT2D eigenvalue weighted by Gasteiger charge is 2.26. The van der Waals surface area contributed by atoms with E-state index in [9.17, 15) is 14.9 Å². The summed E-state index contributed by atoms with van der Waals surface area (Å²) in [6.45, 7) is 1.92. The van der Waals surface area contributed by atoms with Crippen LogP contribution in [0, 0.1) is 17.0 Å². The molecule has 9 heteroatoms. The summed E-state index contributed by atoms with van der Waals surface area (Å²) in [5.41, 5.74) is 4.30. The Hall–Kier alpha value is -4.27. The number of rotatable bonds is 5. The lowest BCUT2D eigenvalue weighted by atomic mass is 9.88. The minimum Gasteiger partial charge on any atom is -0.305 e. The molecule has 166 valence electrons. The van der Waals surface area contributed by atoms with Crippen molar-refractivity contribution in [2.24, 2.45) is 0 Å². The molecule has 0 spiro atoms. The Morgan fingerprint density at radius 2 is 1.94 bits per heavy atom. The normalized spacial score (nSPS) is 15.1. The first-order valence-corrected chi connectivity index (χ1v) is 10.7. The van der Waals surface area contributed by atoms with Gasteiger partial charge in [-0.3, -0.25) is 14.9 Å². The molecule has 33 heavy (non-hydrogen) atoms. The molecule has 9 nitrogen and oxygen atoms in total. The van der Waals surface area contributed by atoms with Crippen LogP contribution in [0.3, 0.4) is 0 Å². The van der Waals surface area contributed by atoms with Gasteiger partial charge in [0.2, 0.25) is 0 Å². The molecular formula is C24H22N6O3. The van der Waals surface area contributed by atoms with Crippen LogP contribution in [0.4, 0.5) is 11.5 Å². The van der Waals surface area contributed by atoms with E-state index < -0.39 is 4.92 Å². The van der Waals surface area contributed by atoms with Crippen LogP contribution in [0.15, 0.2) is 67.0 Å². The summed E-state index contributed by atoms with van der Waals surface area (Å²) in [6.07, 6.45) is 6.48. The van der Waals surface area contributed by atoms with Gasteiger partial charge in [-0.2, -0.15) is 10.2 Å². The van der Waals surface area contributed by atoms with Crippen molar-refractivity contribution in [1.29, 1.82) is 0 Å². The maximum atomic E-state index is 13.0. The second kappa shape index (κ2) is 8.34. The summed E-state index contributed by atoms with van der Waals surface area (Å²) in [4.78, 5) is 23.4. The molecule has 1 aliphatic carbocycles. The fourth-order valence-electron chi connectivity index (χ4n) is 4.31. The highest BCUT2D eigenvalue weighted by Crippen LogP contribution is 2.35. The molecule has 5 rings (SSSR count). The Morgan fingerprint density at radius 1 is 1.15 bits per heavy atom. The maximum Gasteiger partial charge on any atom is 0.277 e. The Bertz CT molecular complexity index is 1340. The van der Waals surface area contributed by atoms with E-state index >= 15 is 0 Å². The van der Waals surface area contributed by atoms with Crippen molar-refractivity contribution in [3.8, 4) is 5.69 Å². The summed E-state index contributed by atoms with van der Waals surface area (Å²) in [7, 11) is 0. The van der Waals surface area contributed by atoms with Crippen molar-refractivity contribution in [3.63, 3.8) is 0 Å². The van der Waals surface area contributed by atoms with Gasteiger partial charge in [-0.15, -0.1) is 0 Å². The van der Waals surface area contributed by atoms with Crippen LogP contribution >= 0.6 is 0 Å². The predicted octanol–water partition coefficient (Wildman–Crippen LogP) is 4.46. The predicted molar refractivity (Wildman–Crippen MR) is 123 cm³/mol. The topological polar surface area (TPSA) is 108 Å². The minimum atomic E-state index is -0.456. The zero-order chi connectivity index (χ0) is 22.9. The number of carbonyl (C=O) groups is 1.